The summed E-state index contributed by atoms with van der Waals surface area (Å²) in [4.78, 5) is 81.8. The number of para-hydroxylation sites is 2. The number of carbonyl (C=O) groups excluding carboxylic acids is 5. The first-order chi connectivity index (χ1) is 68.0. The third-order valence-corrected chi connectivity index (χ3v) is 24.5. The van der Waals surface area contributed by atoms with Crippen LogP contribution in [0, 0.1) is 76.2 Å². The van der Waals surface area contributed by atoms with E-state index in [0.29, 0.717) is 121 Å². The molecule has 0 saturated heterocycles. The number of aromatic hydroxyl groups is 5. The molecule has 0 unspecified atom stereocenters. The number of aliphatic hydroxyl groups is 5. The number of benzene rings is 10. The van der Waals surface area contributed by atoms with Gasteiger partial charge in [-0.3, -0.25) is 71.8 Å². The van der Waals surface area contributed by atoms with Gasteiger partial charge in [0.1, 0.15) is 0 Å². The number of nitrogens with zero attached hydrogens (tertiary/aromatic N) is 10. The molecule has 750 valence electrons. The SMILES string of the molecule is C.CC(=NCC(=O)CCCCO)c1c(O)n(-c2cc(C)cc(C)c2)c2cc(C)ccc12.CC(=NCC(=O)CCCO)c1c(O)n(-c2ccccc2)c2cc(C)ccc12.CC(=NCC(=O)CCCO)c1c(O)n(-c2ccccc2)c2cc(C)ccc12.CC(=NCC(=O)CCO)c1c(O)n(-c2cc(C)cc(C)c2)c2cc(C)ccc12.CCC(=NCC(=O)CCCO)c1c(O)n(-c2cc(C)cc(C)c2)c2cc(C)ccc12. The van der Waals surface area contributed by atoms with Crippen molar-refractivity contribution < 1.29 is 75.0 Å². The second kappa shape index (κ2) is 51.7. The molecule has 0 atom stereocenters. The number of hydrogen-bond donors (Lipinski definition) is 10. The molecule has 0 aliphatic carbocycles. The van der Waals surface area contributed by atoms with Gasteiger partial charge in [-0.25, -0.2) is 0 Å². The largest absolute Gasteiger partial charge is 0.494 e. The lowest BCUT2D eigenvalue weighted by atomic mass is 10.0. The van der Waals surface area contributed by atoms with Gasteiger partial charge in [0.2, 0.25) is 29.4 Å². The summed E-state index contributed by atoms with van der Waals surface area (Å²) < 4.78 is 9.19. The van der Waals surface area contributed by atoms with E-state index in [1.807, 2.05) is 278 Å². The average molecular weight is 1940 g/mol. The van der Waals surface area contributed by atoms with E-state index in [2.05, 4.69) is 79.6 Å². The van der Waals surface area contributed by atoms with Crippen LogP contribution in [0.1, 0.15) is 202 Å². The topological polar surface area (TPSA) is 374 Å². The van der Waals surface area contributed by atoms with Crippen LogP contribution in [-0.2, 0) is 24.0 Å². The van der Waals surface area contributed by atoms with Crippen molar-refractivity contribution in [1.82, 2.24) is 22.8 Å². The fourth-order valence-electron chi connectivity index (χ4n) is 17.8. The second-order valence-electron chi connectivity index (χ2n) is 36.5. The molecule has 5 aromatic heterocycles. The molecule has 0 fully saturated rings. The summed E-state index contributed by atoms with van der Waals surface area (Å²) in [6.45, 7) is 31.7. The van der Waals surface area contributed by atoms with E-state index in [9.17, 15) is 49.5 Å². The molecule has 10 N–H and O–H groups in total. The minimum absolute atomic E-state index is 0. The number of aliphatic imine (C=N–C) groups is 5. The van der Waals surface area contributed by atoms with Gasteiger partial charge in [0, 0.05) is 142 Å². The van der Waals surface area contributed by atoms with Gasteiger partial charge in [0.15, 0.2) is 28.9 Å². The van der Waals surface area contributed by atoms with Gasteiger partial charge in [-0.05, 0) is 295 Å². The molecule has 0 radical (unpaired) electrons. The van der Waals surface area contributed by atoms with Crippen LogP contribution in [0.15, 0.2) is 231 Å². The van der Waals surface area contributed by atoms with E-state index in [-0.39, 0.29) is 138 Å². The van der Waals surface area contributed by atoms with E-state index in [0.717, 1.165) is 144 Å². The highest BCUT2D eigenvalue weighted by Crippen LogP contribution is 2.43. The van der Waals surface area contributed by atoms with E-state index < -0.39 is 0 Å². The fourth-order valence-corrected chi connectivity index (χ4v) is 17.8. The van der Waals surface area contributed by atoms with Gasteiger partial charge >= 0.3 is 0 Å². The lowest BCUT2D eigenvalue weighted by molar-refractivity contribution is -0.119. The van der Waals surface area contributed by atoms with Crippen LogP contribution in [-0.4, -0.2) is 197 Å². The molecule has 0 spiro atoms. The summed E-state index contributed by atoms with van der Waals surface area (Å²) in [6, 6.07) is 68.2. The van der Waals surface area contributed by atoms with Crippen LogP contribution >= 0.6 is 0 Å². The van der Waals surface area contributed by atoms with Gasteiger partial charge in [-0.1, -0.05) is 130 Å². The molecular formula is C118H138N10O15. The summed E-state index contributed by atoms with van der Waals surface area (Å²) >= 11 is 0. The summed E-state index contributed by atoms with van der Waals surface area (Å²) in [6.07, 6.45) is 4.67. The number of fused-ring (bicyclic) bond motifs is 5. The zero-order valence-corrected chi connectivity index (χ0v) is 84.5. The molecule has 0 amide bonds. The number of rotatable bonds is 36. The summed E-state index contributed by atoms with van der Waals surface area (Å²) in [5.74, 6) is 0.475. The average Bonchev–Trinajstić information content (AvgIpc) is 1.63. The smallest absolute Gasteiger partial charge is 0.206 e. The molecule has 15 aromatic rings. The lowest BCUT2D eigenvalue weighted by Gasteiger charge is -2.10. The molecule has 0 aliphatic rings. The Balaban J connectivity index is 0.000000183. The van der Waals surface area contributed by atoms with Gasteiger partial charge in [-0.2, -0.15) is 0 Å². The number of ketones is 5. The zero-order chi connectivity index (χ0) is 103. The zero-order valence-electron chi connectivity index (χ0n) is 84.5. The Kier molecular flexibility index (Phi) is 39.9. The summed E-state index contributed by atoms with van der Waals surface area (Å²) in [5, 5.41) is 105. The molecule has 25 nitrogen and oxygen atoms in total. The number of aromatic nitrogens is 5. The fraction of sp³-hybridized carbons (Fsp3) is 0.322. The summed E-state index contributed by atoms with van der Waals surface area (Å²) in [5.41, 5.74) is 27.6. The monoisotopic (exact) mass is 1940 g/mol. The predicted molar refractivity (Wildman–Crippen MR) is 580 cm³/mol. The summed E-state index contributed by atoms with van der Waals surface area (Å²) in [7, 11) is 0. The molecule has 0 aliphatic heterocycles. The van der Waals surface area contributed by atoms with Crippen LogP contribution < -0.4 is 0 Å². The third kappa shape index (κ3) is 27.6. The molecule has 5 heterocycles. The highest BCUT2D eigenvalue weighted by molar-refractivity contribution is 6.18. The Morgan fingerprint density at radius 3 is 0.713 bits per heavy atom. The molecule has 0 saturated carbocycles. The first kappa shape index (κ1) is 110. The Bertz CT molecular complexity index is 7030. The Morgan fingerprint density at radius 2 is 0.469 bits per heavy atom. The van der Waals surface area contributed by atoms with Crippen LogP contribution in [0.5, 0.6) is 29.4 Å². The first-order valence-electron chi connectivity index (χ1n) is 48.3. The van der Waals surface area contributed by atoms with Crippen molar-refractivity contribution in [2.24, 2.45) is 25.0 Å². The lowest BCUT2D eigenvalue weighted by Crippen LogP contribution is -2.08. The van der Waals surface area contributed by atoms with Crippen LogP contribution in [0.3, 0.4) is 0 Å². The van der Waals surface area contributed by atoms with Gasteiger partial charge in [-0.15, -0.1) is 0 Å². The van der Waals surface area contributed by atoms with E-state index in [1.54, 1.807) is 6.92 Å². The van der Waals surface area contributed by atoms with E-state index >= 15 is 0 Å². The second-order valence-corrected chi connectivity index (χ2v) is 36.5. The van der Waals surface area contributed by atoms with Crippen LogP contribution in [0.25, 0.3) is 83.0 Å². The highest BCUT2D eigenvalue weighted by atomic mass is 16.3. The Labute approximate surface area is 837 Å². The molecule has 143 heavy (non-hydrogen) atoms. The minimum Gasteiger partial charge on any atom is -0.494 e. The maximum Gasteiger partial charge on any atom is 0.206 e. The standard InChI is InChI=1S/2C25H30N2O3.C23H26N2O3.2C22H24N2O3.CH4/c1-16-8-9-22-23(14-16)27(20-12-17(2)11-18(3)13-20)25(30)24(22)19(4)26-15-21(29)7-5-6-10-28;1-5-22(26-15-20(29)7-6-10-28)24-21-9-8-16(2)14-23(21)27(25(24)30)19-12-17(3)11-18(4)13-19;1-14-5-6-20-21(12-14)25(18-10-15(2)9-16(3)11-18)23(28)22(20)17(4)24-13-19(27)7-8-26;2*1-15-10-11-19-20(13-15)24(17-7-4-3-5-8-17)22(27)21(19)16(2)23-14-18(26)9-6-12-25;/h2*8-9,11-14,28,30H,5-7,10,15H2,1-4H3;5-6,9-12,26,28H,7-8,13H2,1-4H3;2*3-5,7-8,10-11,13,25,27H,6,9,12,14H2,1-2H3;1H4. The van der Waals surface area contributed by atoms with Crippen molar-refractivity contribution in [3.63, 3.8) is 0 Å². The Morgan fingerprint density at radius 1 is 0.245 bits per heavy atom. The van der Waals surface area contributed by atoms with Gasteiger partial charge in [0.25, 0.3) is 0 Å². The predicted octanol–water partition coefficient (Wildman–Crippen LogP) is 21.9. The maximum atomic E-state index is 12.1. The van der Waals surface area contributed by atoms with Crippen molar-refractivity contribution in [3.05, 3.63) is 295 Å². The van der Waals surface area contributed by atoms with Crippen molar-refractivity contribution in [2.75, 3.05) is 65.8 Å². The molecule has 15 rings (SSSR count). The molecular weight excluding hydrogens is 1800 g/mol. The third-order valence-electron chi connectivity index (χ3n) is 24.5. The molecule has 25 heteroatoms. The van der Waals surface area contributed by atoms with Crippen molar-refractivity contribution in [3.8, 4) is 57.8 Å². The number of hydrogen-bond acceptors (Lipinski definition) is 20. The van der Waals surface area contributed by atoms with Crippen LogP contribution in [0.4, 0.5) is 0 Å². The number of Topliss-reactive ketones (excluding diaryl/α,β-unsaturated/α-hetero) is 5. The molecule has 10 aromatic carbocycles. The van der Waals surface area contributed by atoms with Crippen molar-refractivity contribution in [1.29, 1.82) is 0 Å². The molecule has 0 bridgehead atoms. The highest BCUT2D eigenvalue weighted by Gasteiger charge is 2.28. The number of carbonyl (C=O) groups is 5. The van der Waals surface area contributed by atoms with E-state index in [4.69, 9.17) is 25.5 Å². The number of aryl methyl sites for hydroxylation is 11. The van der Waals surface area contributed by atoms with Crippen molar-refractivity contribution >= 4 is 112 Å². The quantitative estimate of drug-likeness (QED) is 0.0129. The van der Waals surface area contributed by atoms with Crippen molar-refractivity contribution in [2.45, 2.75) is 189 Å². The van der Waals surface area contributed by atoms with Gasteiger partial charge in [0.05, 0.1) is 94.7 Å². The van der Waals surface area contributed by atoms with E-state index in [1.165, 1.54) is 0 Å². The van der Waals surface area contributed by atoms with Crippen LogP contribution in [0.2, 0.25) is 0 Å². The minimum atomic E-state index is -0.177. The number of unbranched alkanes of at least 4 members (excludes halogenated alkanes) is 1. The normalized spacial score (nSPS) is 11.9. The first-order valence-corrected chi connectivity index (χ1v) is 48.3. The maximum absolute atomic E-state index is 12.1. The number of aliphatic hydroxyl groups excluding tert-OH is 5. The van der Waals surface area contributed by atoms with Gasteiger partial charge < -0.3 is 51.1 Å². The Hall–Kier alpha value is -14.6.